The summed E-state index contributed by atoms with van der Waals surface area (Å²) in [5, 5.41) is 8.49. The number of amides is 2. The highest BCUT2D eigenvalue weighted by Gasteiger charge is 2.16. The number of rotatable bonds is 8. The van der Waals surface area contributed by atoms with Crippen LogP contribution in [0.2, 0.25) is 0 Å². The molecule has 1 aliphatic heterocycles. The van der Waals surface area contributed by atoms with Crippen molar-refractivity contribution >= 4 is 16.8 Å². The van der Waals surface area contributed by atoms with Crippen LogP contribution in [0.15, 0.2) is 42.5 Å². The number of carbonyl (C=O) groups excluding carboxylic acids is 1. The predicted molar refractivity (Wildman–Crippen MR) is 113 cm³/mol. The second kappa shape index (κ2) is 10.3. The summed E-state index contributed by atoms with van der Waals surface area (Å²) in [6.07, 6.45) is 7.08. The number of nitrogens with one attached hydrogen (secondary N) is 2. The van der Waals surface area contributed by atoms with Crippen LogP contribution in [-0.2, 0) is 6.42 Å². The summed E-state index contributed by atoms with van der Waals surface area (Å²) < 4.78 is 0. The van der Waals surface area contributed by atoms with E-state index >= 15 is 0 Å². The SMILES string of the molecule is CC1CCCCN1CCCCNC(=O)NCCc1cccc2ccccc12. The Labute approximate surface area is 163 Å². The van der Waals surface area contributed by atoms with Crippen LogP contribution in [0.25, 0.3) is 10.8 Å². The molecule has 1 fully saturated rings. The lowest BCUT2D eigenvalue weighted by molar-refractivity contribution is 0.158. The van der Waals surface area contributed by atoms with Crippen molar-refractivity contribution in [2.75, 3.05) is 26.2 Å². The molecule has 3 rings (SSSR count). The van der Waals surface area contributed by atoms with Crippen LogP contribution in [-0.4, -0.2) is 43.2 Å². The zero-order valence-electron chi connectivity index (χ0n) is 16.5. The van der Waals surface area contributed by atoms with E-state index in [-0.39, 0.29) is 6.03 Å². The van der Waals surface area contributed by atoms with Gasteiger partial charge >= 0.3 is 6.03 Å². The highest BCUT2D eigenvalue weighted by atomic mass is 16.2. The molecule has 0 aromatic heterocycles. The number of unbranched alkanes of at least 4 members (excludes halogenated alkanes) is 1. The quantitative estimate of drug-likeness (QED) is 0.682. The van der Waals surface area contributed by atoms with Gasteiger partial charge in [0, 0.05) is 19.1 Å². The number of piperidine rings is 1. The maximum atomic E-state index is 12.0. The zero-order chi connectivity index (χ0) is 18.9. The highest BCUT2D eigenvalue weighted by molar-refractivity contribution is 5.85. The second-order valence-electron chi connectivity index (χ2n) is 7.66. The van der Waals surface area contributed by atoms with Gasteiger partial charge in [-0.15, -0.1) is 0 Å². The Morgan fingerprint density at radius 2 is 1.85 bits per heavy atom. The fraction of sp³-hybridized carbons (Fsp3) is 0.522. The smallest absolute Gasteiger partial charge is 0.314 e. The first kappa shape index (κ1) is 19.7. The Morgan fingerprint density at radius 3 is 2.74 bits per heavy atom. The maximum Gasteiger partial charge on any atom is 0.314 e. The van der Waals surface area contributed by atoms with E-state index in [1.165, 1.54) is 42.1 Å². The monoisotopic (exact) mass is 367 g/mol. The lowest BCUT2D eigenvalue weighted by atomic mass is 10.0. The number of nitrogens with zero attached hydrogens (tertiary/aromatic N) is 1. The number of urea groups is 1. The predicted octanol–water partition coefficient (Wildman–Crippen LogP) is 4.34. The van der Waals surface area contributed by atoms with E-state index in [1.54, 1.807) is 0 Å². The lowest BCUT2D eigenvalue weighted by Gasteiger charge is -2.33. The van der Waals surface area contributed by atoms with Crippen LogP contribution < -0.4 is 10.6 Å². The second-order valence-corrected chi connectivity index (χ2v) is 7.66. The van der Waals surface area contributed by atoms with E-state index in [4.69, 9.17) is 0 Å². The van der Waals surface area contributed by atoms with Crippen molar-refractivity contribution in [1.29, 1.82) is 0 Å². The van der Waals surface area contributed by atoms with Crippen LogP contribution in [0.4, 0.5) is 4.79 Å². The molecule has 0 radical (unpaired) electrons. The van der Waals surface area contributed by atoms with Gasteiger partial charge in [-0.05, 0) is 68.5 Å². The summed E-state index contributed by atoms with van der Waals surface area (Å²) >= 11 is 0. The van der Waals surface area contributed by atoms with E-state index in [1.807, 2.05) is 0 Å². The van der Waals surface area contributed by atoms with Gasteiger partial charge in [-0.1, -0.05) is 48.9 Å². The zero-order valence-corrected chi connectivity index (χ0v) is 16.5. The van der Waals surface area contributed by atoms with Crippen LogP contribution >= 0.6 is 0 Å². The molecule has 0 spiro atoms. The van der Waals surface area contributed by atoms with Gasteiger partial charge in [-0.3, -0.25) is 0 Å². The van der Waals surface area contributed by atoms with Crippen molar-refractivity contribution < 1.29 is 4.79 Å². The van der Waals surface area contributed by atoms with E-state index in [9.17, 15) is 4.79 Å². The highest BCUT2D eigenvalue weighted by Crippen LogP contribution is 2.18. The Balaban J connectivity index is 1.29. The summed E-state index contributed by atoms with van der Waals surface area (Å²) in [6.45, 7) is 6.14. The fourth-order valence-corrected chi connectivity index (χ4v) is 4.02. The minimum Gasteiger partial charge on any atom is -0.338 e. The molecular formula is C23H33N3O. The van der Waals surface area contributed by atoms with E-state index in [0.29, 0.717) is 6.54 Å². The third-order valence-corrected chi connectivity index (χ3v) is 5.66. The van der Waals surface area contributed by atoms with E-state index in [2.05, 4.69) is 64.9 Å². The molecule has 1 unspecified atom stereocenters. The molecule has 27 heavy (non-hydrogen) atoms. The van der Waals surface area contributed by atoms with Crippen molar-refractivity contribution in [3.05, 3.63) is 48.0 Å². The van der Waals surface area contributed by atoms with Crippen molar-refractivity contribution in [3.8, 4) is 0 Å². The molecular weight excluding hydrogens is 334 g/mol. The first-order chi connectivity index (χ1) is 13.2. The number of carbonyl (C=O) groups is 1. The fourth-order valence-electron chi connectivity index (χ4n) is 4.02. The summed E-state index contributed by atoms with van der Waals surface area (Å²) in [5.74, 6) is 0. The standard InChI is InChI=1S/C23H33N3O/c1-19-9-4-6-17-26(19)18-7-5-15-24-23(27)25-16-14-21-12-8-11-20-10-2-3-13-22(20)21/h2-3,8,10-13,19H,4-7,9,14-18H2,1H3,(H2,24,25,27). The molecule has 1 atom stereocenters. The number of fused-ring (bicyclic) bond motifs is 1. The summed E-state index contributed by atoms with van der Waals surface area (Å²) in [6, 6.07) is 15.4. The maximum absolute atomic E-state index is 12.0. The minimum atomic E-state index is -0.0541. The first-order valence-electron chi connectivity index (χ1n) is 10.5. The molecule has 146 valence electrons. The van der Waals surface area contributed by atoms with Crippen LogP contribution in [0.3, 0.4) is 0 Å². The Bertz CT molecular complexity index is 725. The Hall–Kier alpha value is -2.07. The Morgan fingerprint density at radius 1 is 1.04 bits per heavy atom. The average Bonchev–Trinajstić information content (AvgIpc) is 2.69. The molecule has 1 heterocycles. The number of hydrogen-bond donors (Lipinski definition) is 2. The molecule has 2 amide bonds. The van der Waals surface area contributed by atoms with Gasteiger partial charge in [0.2, 0.25) is 0 Å². The molecule has 4 heteroatoms. The van der Waals surface area contributed by atoms with Gasteiger partial charge in [-0.25, -0.2) is 4.79 Å². The van der Waals surface area contributed by atoms with Gasteiger partial charge in [0.05, 0.1) is 0 Å². The van der Waals surface area contributed by atoms with E-state index in [0.717, 1.165) is 38.4 Å². The molecule has 4 nitrogen and oxygen atoms in total. The number of benzene rings is 2. The van der Waals surface area contributed by atoms with Crippen LogP contribution in [0, 0.1) is 0 Å². The lowest BCUT2D eigenvalue weighted by Crippen LogP contribution is -2.39. The van der Waals surface area contributed by atoms with Crippen molar-refractivity contribution in [2.24, 2.45) is 0 Å². The van der Waals surface area contributed by atoms with E-state index < -0.39 is 0 Å². The van der Waals surface area contributed by atoms with Gasteiger partial charge in [-0.2, -0.15) is 0 Å². The molecule has 0 saturated carbocycles. The van der Waals surface area contributed by atoms with Gasteiger partial charge in [0.15, 0.2) is 0 Å². The number of likely N-dealkylation sites (tertiary alicyclic amines) is 1. The number of hydrogen-bond acceptors (Lipinski definition) is 2. The molecule has 0 bridgehead atoms. The minimum absolute atomic E-state index is 0.0541. The van der Waals surface area contributed by atoms with Gasteiger partial charge < -0.3 is 15.5 Å². The molecule has 1 aliphatic rings. The molecule has 0 aliphatic carbocycles. The molecule has 2 N–H and O–H groups in total. The molecule has 2 aromatic carbocycles. The largest absolute Gasteiger partial charge is 0.338 e. The normalized spacial score (nSPS) is 17.7. The third-order valence-electron chi connectivity index (χ3n) is 5.66. The topological polar surface area (TPSA) is 44.4 Å². The summed E-state index contributed by atoms with van der Waals surface area (Å²) in [7, 11) is 0. The summed E-state index contributed by atoms with van der Waals surface area (Å²) in [5.41, 5.74) is 1.28. The first-order valence-corrected chi connectivity index (χ1v) is 10.5. The van der Waals surface area contributed by atoms with Crippen molar-refractivity contribution in [2.45, 2.75) is 51.5 Å². The average molecular weight is 368 g/mol. The third kappa shape index (κ3) is 5.96. The van der Waals surface area contributed by atoms with Crippen molar-refractivity contribution in [3.63, 3.8) is 0 Å². The van der Waals surface area contributed by atoms with Crippen molar-refractivity contribution in [1.82, 2.24) is 15.5 Å². The van der Waals surface area contributed by atoms with Crippen LogP contribution in [0.1, 0.15) is 44.6 Å². The summed E-state index contributed by atoms with van der Waals surface area (Å²) in [4.78, 5) is 14.6. The van der Waals surface area contributed by atoms with Crippen LogP contribution in [0.5, 0.6) is 0 Å². The molecule has 1 saturated heterocycles. The van der Waals surface area contributed by atoms with Gasteiger partial charge in [0.1, 0.15) is 0 Å². The Kier molecular flexibility index (Phi) is 7.52. The molecule has 2 aromatic rings. The van der Waals surface area contributed by atoms with Gasteiger partial charge in [0.25, 0.3) is 0 Å².